The van der Waals surface area contributed by atoms with Gasteiger partial charge in [-0.05, 0) is 40.5 Å². The Kier molecular flexibility index (Phi) is 5.09. The summed E-state index contributed by atoms with van der Waals surface area (Å²) in [5.41, 5.74) is 1.46. The van der Waals surface area contributed by atoms with E-state index in [4.69, 9.17) is 5.11 Å². The Balaban J connectivity index is 2.79. The number of thioether (sulfide) groups is 1. The van der Waals surface area contributed by atoms with E-state index in [1.807, 2.05) is 6.07 Å². The van der Waals surface area contributed by atoms with E-state index in [0.29, 0.717) is 10.0 Å². The summed E-state index contributed by atoms with van der Waals surface area (Å²) in [4.78, 5) is 11.9. The zero-order valence-electron chi connectivity index (χ0n) is 9.00. The van der Waals surface area contributed by atoms with Crippen LogP contribution in [0.5, 0.6) is 0 Å². The van der Waals surface area contributed by atoms with Crippen molar-refractivity contribution in [2.75, 3.05) is 5.75 Å². The minimum Gasteiger partial charge on any atom is -0.478 e. The van der Waals surface area contributed by atoms with Crippen LogP contribution in [-0.2, 0) is 0 Å². The zero-order valence-corrected chi connectivity index (χ0v) is 11.4. The first-order valence-electron chi connectivity index (χ1n) is 4.87. The summed E-state index contributed by atoms with van der Waals surface area (Å²) in [7, 11) is 0. The Bertz CT molecular complexity index is 415. The number of carboxylic acids is 1. The molecule has 0 atom stereocenters. The van der Waals surface area contributed by atoms with Crippen molar-refractivity contribution in [3.8, 4) is 0 Å². The van der Waals surface area contributed by atoms with Gasteiger partial charge in [-0.2, -0.15) is 0 Å². The molecule has 0 spiro atoms. The van der Waals surface area contributed by atoms with Gasteiger partial charge in [0.15, 0.2) is 0 Å². The van der Waals surface area contributed by atoms with E-state index >= 15 is 0 Å². The first kappa shape index (κ1) is 13.3. The molecule has 0 aromatic heterocycles. The second-order valence-electron chi connectivity index (χ2n) is 3.34. The number of benzene rings is 1. The molecule has 1 aromatic carbocycles. The third-order valence-corrected chi connectivity index (χ3v) is 3.94. The smallest absolute Gasteiger partial charge is 0.336 e. The lowest BCUT2D eigenvalue weighted by Crippen LogP contribution is -1.97. The number of rotatable bonds is 5. The molecule has 0 bridgehead atoms. The fraction of sp³-hybridized carbons (Fsp3) is 0.250. The highest BCUT2D eigenvalue weighted by molar-refractivity contribution is 9.10. The van der Waals surface area contributed by atoms with Crippen molar-refractivity contribution < 1.29 is 9.90 Å². The van der Waals surface area contributed by atoms with E-state index in [2.05, 4.69) is 29.4 Å². The van der Waals surface area contributed by atoms with E-state index in [9.17, 15) is 4.79 Å². The normalized spacial score (nSPS) is 10.1. The SMILES string of the molecule is C=C(CC)CSc1ccc(Br)c(C(=O)O)c1. The highest BCUT2D eigenvalue weighted by Gasteiger charge is 2.09. The number of carbonyl (C=O) groups is 1. The summed E-state index contributed by atoms with van der Waals surface area (Å²) in [6, 6.07) is 5.35. The molecule has 0 aliphatic heterocycles. The molecule has 1 N–H and O–H groups in total. The fourth-order valence-electron chi connectivity index (χ4n) is 1.05. The van der Waals surface area contributed by atoms with Crippen LogP contribution >= 0.6 is 27.7 Å². The van der Waals surface area contributed by atoms with Crippen molar-refractivity contribution in [3.05, 3.63) is 40.4 Å². The zero-order chi connectivity index (χ0) is 12.1. The number of carboxylic acid groups (broad SMARTS) is 1. The predicted octanol–water partition coefficient (Wildman–Crippen LogP) is 4.21. The quantitative estimate of drug-likeness (QED) is 0.654. The van der Waals surface area contributed by atoms with Gasteiger partial charge in [0.2, 0.25) is 0 Å². The molecule has 4 heteroatoms. The first-order valence-corrected chi connectivity index (χ1v) is 6.64. The summed E-state index contributed by atoms with van der Waals surface area (Å²) >= 11 is 4.83. The molecule has 0 radical (unpaired) electrons. The minimum atomic E-state index is -0.913. The lowest BCUT2D eigenvalue weighted by molar-refractivity contribution is 0.0695. The molecule has 0 saturated carbocycles. The average Bonchev–Trinajstić information content (AvgIpc) is 2.27. The molecule has 0 unspecified atom stereocenters. The van der Waals surface area contributed by atoms with Crippen molar-refractivity contribution in [2.45, 2.75) is 18.2 Å². The minimum absolute atomic E-state index is 0.298. The maximum Gasteiger partial charge on any atom is 0.336 e. The number of halogens is 1. The molecule has 1 aromatic rings. The van der Waals surface area contributed by atoms with Crippen LogP contribution < -0.4 is 0 Å². The molecular formula is C12H13BrO2S. The van der Waals surface area contributed by atoms with Gasteiger partial charge in [-0.1, -0.05) is 19.1 Å². The third kappa shape index (κ3) is 3.68. The molecule has 0 aliphatic carbocycles. The fourth-order valence-corrected chi connectivity index (χ4v) is 2.40. The van der Waals surface area contributed by atoms with Crippen LogP contribution in [0, 0.1) is 0 Å². The Morgan fingerprint density at radius 3 is 2.81 bits per heavy atom. The van der Waals surface area contributed by atoms with Gasteiger partial charge in [0, 0.05) is 15.1 Å². The Labute approximate surface area is 108 Å². The van der Waals surface area contributed by atoms with E-state index in [1.165, 1.54) is 0 Å². The standard InChI is InChI=1S/C12H13BrO2S/c1-3-8(2)7-16-9-4-5-11(13)10(6-9)12(14)15/h4-6H,2-3,7H2,1H3,(H,14,15). The van der Waals surface area contributed by atoms with Gasteiger partial charge in [0.25, 0.3) is 0 Å². The van der Waals surface area contributed by atoms with Crippen molar-refractivity contribution >= 4 is 33.7 Å². The van der Waals surface area contributed by atoms with E-state index in [0.717, 1.165) is 22.6 Å². The van der Waals surface area contributed by atoms with Crippen LogP contribution in [-0.4, -0.2) is 16.8 Å². The molecule has 0 heterocycles. The van der Waals surface area contributed by atoms with E-state index in [-0.39, 0.29) is 0 Å². The third-order valence-electron chi connectivity index (χ3n) is 2.11. The van der Waals surface area contributed by atoms with Gasteiger partial charge in [-0.15, -0.1) is 11.8 Å². The molecular weight excluding hydrogens is 288 g/mol. The summed E-state index contributed by atoms with van der Waals surface area (Å²) in [6.45, 7) is 5.98. The van der Waals surface area contributed by atoms with Crippen LogP contribution in [0.4, 0.5) is 0 Å². The molecule has 86 valence electrons. The Hall–Kier alpha value is -0.740. The lowest BCUT2D eigenvalue weighted by Gasteiger charge is -2.05. The van der Waals surface area contributed by atoms with Gasteiger partial charge < -0.3 is 5.11 Å². The predicted molar refractivity (Wildman–Crippen MR) is 71.3 cm³/mol. The molecule has 2 nitrogen and oxygen atoms in total. The maximum absolute atomic E-state index is 10.9. The van der Waals surface area contributed by atoms with Crippen LogP contribution in [0.1, 0.15) is 23.7 Å². The molecule has 16 heavy (non-hydrogen) atoms. The number of hydrogen-bond acceptors (Lipinski definition) is 2. The second-order valence-corrected chi connectivity index (χ2v) is 5.24. The molecule has 0 saturated heterocycles. The molecule has 1 rings (SSSR count). The molecule has 0 fully saturated rings. The second kappa shape index (κ2) is 6.11. The summed E-state index contributed by atoms with van der Waals surface area (Å²) in [6.07, 6.45) is 0.954. The highest BCUT2D eigenvalue weighted by atomic mass is 79.9. The Morgan fingerprint density at radius 1 is 1.56 bits per heavy atom. The summed E-state index contributed by atoms with van der Waals surface area (Å²) in [5.74, 6) is -0.0827. The topological polar surface area (TPSA) is 37.3 Å². The first-order chi connectivity index (χ1) is 7.54. The summed E-state index contributed by atoms with van der Waals surface area (Å²) < 4.78 is 0.610. The lowest BCUT2D eigenvalue weighted by atomic mass is 10.2. The Morgan fingerprint density at radius 2 is 2.25 bits per heavy atom. The number of hydrogen-bond donors (Lipinski definition) is 1. The highest BCUT2D eigenvalue weighted by Crippen LogP contribution is 2.26. The number of aromatic carboxylic acids is 1. The van der Waals surface area contributed by atoms with Gasteiger partial charge in [-0.25, -0.2) is 4.79 Å². The average molecular weight is 301 g/mol. The summed E-state index contributed by atoms with van der Waals surface area (Å²) in [5, 5.41) is 8.96. The largest absolute Gasteiger partial charge is 0.478 e. The van der Waals surface area contributed by atoms with Crippen LogP contribution in [0.2, 0.25) is 0 Å². The molecule has 0 amide bonds. The van der Waals surface area contributed by atoms with Gasteiger partial charge >= 0.3 is 5.97 Å². The van der Waals surface area contributed by atoms with E-state index < -0.39 is 5.97 Å². The van der Waals surface area contributed by atoms with Gasteiger partial charge in [-0.3, -0.25) is 0 Å². The van der Waals surface area contributed by atoms with Crippen molar-refractivity contribution in [1.29, 1.82) is 0 Å². The van der Waals surface area contributed by atoms with Crippen molar-refractivity contribution in [3.63, 3.8) is 0 Å². The van der Waals surface area contributed by atoms with Gasteiger partial charge in [0.1, 0.15) is 0 Å². The van der Waals surface area contributed by atoms with Crippen LogP contribution in [0.15, 0.2) is 39.7 Å². The molecule has 0 aliphatic rings. The van der Waals surface area contributed by atoms with Crippen LogP contribution in [0.25, 0.3) is 0 Å². The van der Waals surface area contributed by atoms with Crippen LogP contribution in [0.3, 0.4) is 0 Å². The van der Waals surface area contributed by atoms with E-state index in [1.54, 1.807) is 23.9 Å². The van der Waals surface area contributed by atoms with Gasteiger partial charge in [0.05, 0.1) is 5.56 Å². The monoisotopic (exact) mass is 300 g/mol. The van der Waals surface area contributed by atoms with Crippen molar-refractivity contribution in [2.24, 2.45) is 0 Å². The van der Waals surface area contributed by atoms with Crippen molar-refractivity contribution in [1.82, 2.24) is 0 Å². The maximum atomic E-state index is 10.9.